The van der Waals surface area contributed by atoms with Crippen LogP contribution in [0.3, 0.4) is 0 Å². The molecule has 2 amide bonds. The number of carbonyl (C=O) groups excluding carboxylic acids is 2. The van der Waals surface area contributed by atoms with E-state index in [1.165, 1.54) is 24.3 Å². The molecule has 0 unspecified atom stereocenters. The molecule has 7 heteroatoms. The second-order valence-corrected chi connectivity index (χ2v) is 8.86. The zero-order chi connectivity index (χ0) is 20.0. The molecule has 0 radical (unpaired) electrons. The molecular weight excluding hydrogens is 364 g/mol. The number of sulfone groups is 1. The molecule has 0 atom stereocenters. The summed E-state index contributed by atoms with van der Waals surface area (Å²) in [6.07, 6.45) is 0. The quantitative estimate of drug-likeness (QED) is 0.762. The van der Waals surface area contributed by atoms with Crippen LogP contribution in [0.4, 0.5) is 0 Å². The van der Waals surface area contributed by atoms with Crippen molar-refractivity contribution < 1.29 is 18.0 Å². The molecule has 0 saturated carbocycles. The fraction of sp³-hybridized carbons (Fsp3) is 0.300. The maximum absolute atomic E-state index is 12.3. The van der Waals surface area contributed by atoms with Gasteiger partial charge in [0.2, 0.25) is 0 Å². The Hall–Kier alpha value is -2.67. The standard InChI is InChI=1S/C20H24N2O4S/c1-4-21-20(24)17-7-5-6-15(12-17)13-22-19(23)16-8-10-18(11-9-16)27(25,26)14(2)3/h5-12,14H,4,13H2,1-3H3,(H,21,24)(H,22,23). The predicted molar refractivity (Wildman–Crippen MR) is 104 cm³/mol. The third-order valence-corrected chi connectivity index (χ3v) is 6.22. The summed E-state index contributed by atoms with van der Waals surface area (Å²) < 4.78 is 24.2. The van der Waals surface area contributed by atoms with Crippen LogP contribution in [0.2, 0.25) is 0 Å². The lowest BCUT2D eigenvalue weighted by atomic mass is 10.1. The molecule has 0 heterocycles. The minimum absolute atomic E-state index is 0.160. The summed E-state index contributed by atoms with van der Waals surface area (Å²) in [5.41, 5.74) is 1.70. The molecule has 144 valence electrons. The van der Waals surface area contributed by atoms with Gasteiger partial charge < -0.3 is 10.6 Å². The second kappa shape index (κ2) is 8.81. The smallest absolute Gasteiger partial charge is 0.251 e. The third kappa shape index (κ3) is 5.17. The summed E-state index contributed by atoms with van der Waals surface area (Å²) in [4.78, 5) is 24.4. The van der Waals surface area contributed by atoms with E-state index in [0.29, 0.717) is 17.7 Å². The molecule has 0 fully saturated rings. The molecule has 2 aromatic carbocycles. The van der Waals surface area contributed by atoms with Crippen LogP contribution in [0.1, 0.15) is 47.1 Å². The Morgan fingerprint density at radius 2 is 1.56 bits per heavy atom. The molecule has 2 rings (SSSR count). The van der Waals surface area contributed by atoms with Crippen LogP contribution in [-0.4, -0.2) is 32.0 Å². The highest BCUT2D eigenvalue weighted by Gasteiger charge is 2.19. The van der Waals surface area contributed by atoms with Crippen molar-refractivity contribution in [2.45, 2.75) is 37.5 Å². The normalized spacial score (nSPS) is 11.3. The number of hydrogen-bond acceptors (Lipinski definition) is 4. The average molecular weight is 388 g/mol. The van der Waals surface area contributed by atoms with Gasteiger partial charge in [0, 0.05) is 24.2 Å². The maximum Gasteiger partial charge on any atom is 0.251 e. The Kier molecular flexibility index (Phi) is 6.74. The summed E-state index contributed by atoms with van der Waals surface area (Å²) in [5.74, 6) is -0.473. The van der Waals surface area contributed by atoms with Gasteiger partial charge in [-0.1, -0.05) is 12.1 Å². The van der Waals surface area contributed by atoms with Crippen molar-refractivity contribution in [3.63, 3.8) is 0 Å². The average Bonchev–Trinajstić information content (AvgIpc) is 2.66. The number of amides is 2. The highest BCUT2D eigenvalue weighted by molar-refractivity contribution is 7.92. The van der Waals surface area contributed by atoms with Crippen molar-refractivity contribution in [2.75, 3.05) is 6.54 Å². The van der Waals surface area contributed by atoms with Crippen LogP contribution in [0.15, 0.2) is 53.4 Å². The van der Waals surface area contributed by atoms with Crippen LogP contribution < -0.4 is 10.6 Å². The Bertz CT molecular complexity index is 919. The first-order valence-electron chi connectivity index (χ1n) is 8.75. The van der Waals surface area contributed by atoms with E-state index in [-0.39, 0.29) is 23.3 Å². The van der Waals surface area contributed by atoms with E-state index in [9.17, 15) is 18.0 Å². The van der Waals surface area contributed by atoms with Gasteiger partial charge in [0.05, 0.1) is 10.1 Å². The molecule has 6 nitrogen and oxygen atoms in total. The van der Waals surface area contributed by atoms with Crippen LogP contribution in [0, 0.1) is 0 Å². The minimum Gasteiger partial charge on any atom is -0.352 e. The number of rotatable bonds is 7. The monoisotopic (exact) mass is 388 g/mol. The van der Waals surface area contributed by atoms with E-state index in [0.717, 1.165) is 5.56 Å². The third-order valence-electron chi connectivity index (χ3n) is 4.05. The highest BCUT2D eigenvalue weighted by atomic mass is 32.2. The van der Waals surface area contributed by atoms with E-state index in [2.05, 4.69) is 10.6 Å². The Morgan fingerprint density at radius 1 is 0.926 bits per heavy atom. The van der Waals surface area contributed by atoms with Crippen molar-refractivity contribution in [1.82, 2.24) is 10.6 Å². The summed E-state index contributed by atoms with van der Waals surface area (Å²) in [7, 11) is -3.36. The van der Waals surface area contributed by atoms with Crippen molar-refractivity contribution in [1.29, 1.82) is 0 Å². The molecule has 0 bridgehead atoms. The zero-order valence-electron chi connectivity index (χ0n) is 15.7. The number of carbonyl (C=O) groups is 2. The van der Waals surface area contributed by atoms with Gasteiger partial charge in [-0.3, -0.25) is 9.59 Å². The molecule has 0 saturated heterocycles. The highest BCUT2D eigenvalue weighted by Crippen LogP contribution is 2.16. The number of hydrogen-bond donors (Lipinski definition) is 2. The molecule has 0 aromatic heterocycles. The predicted octanol–water partition coefficient (Wildman–Crippen LogP) is 2.55. The molecule has 27 heavy (non-hydrogen) atoms. The summed E-state index contributed by atoms with van der Waals surface area (Å²) in [6, 6.07) is 12.9. The van der Waals surface area contributed by atoms with E-state index in [4.69, 9.17) is 0 Å². The first-order valence-corrected chi connectivity index (χ1v) is 10.3. The largest absolute Gasteiger partial charge is 0.352 e. The lowest BCUT2D eigenvalue weighted by Crippen LogP contribution is -2.24. The van der Waals surface area contributed by atoms with Crippen LogP contribution in [0.5, 0.6) is 0 Å². The number of nitrogens with one attached hydrogen (secondary N) is 2. The first kappa shape index (κ1) is 20.6. The summed E-state index contributed by atoms with van der Waals surface area (Å²) in [5, 5.41) is 4.98. The van der Waals surface area contributed by atoms with Crippen molar-refractivity contribution >= 4 is 21.7 Å². The van der Waals surface area contributed by atoms with Gasteiger partial charge in [-0.25, -0.2) is 8.42 Å². The van der Waals surface area contributed by atoms with Gasteiger partial charge in [0.25, 0.3) is 11.8 Å². The summed E-state index contributed by atoms with van der Waals surface area (Å²) in [6.45, 7) is 5.88. The molecule has 0 spiro atoms. The molecule has 2 N–H and O–H groups in total. The van der Waals surface area contributed by atoms with Gasteiger partial charge in [0.15, 0.2) is 9.84 Å². The lowest BCUT2D eigenvalue weighted by molar-refractivity contribution is 0.0947. The van der Waals surface area contributed by atoms with Gasteiger partial charge in [-0.05, 0) is 62.7 Å². The van der Waals surface area contributed by atoms with Crippen molar-refractivity contribution in [3.8, 4) is 0 Å². The van der Waals surface area contributed by atoms with Gasteiger partial charge in [0.1, 0.15) is 0 Å². The fourth-order valence-electron chi connectivity index (χ4n) is 2.44. The maximum atomic E-state index is 12.3. The van der Waals surface area contributed by atoms with Gasteiger partial charge in [-0.2, -0.15) is 0 Å². The fourth-order valence-corrected chi connectivity index (χ4v) is 3.50. The van der Waals surface area contributed by atoms with Crippen molar-refractivity contribution in [2.24, 2.45) is 0 Å². The van der Waals surface area contributed by atoms with Crippen molar-refractivity contribution in [3.05, 3.63) is 65.2 Å². The topological polar surface area (TPSA) is 92.3 Å². The molecule has 2 aromatic rings. The van der Waals surface area contributed by atoms with E-state index in [1.54, 1.807) is 32.0 Å². The Morgan fingerprint density at radius 3 is 2.15 bits per heavy atom. The van der Waals surface area contributed by atoms with Gasteiger partial charge in [-0.15, -0.1) is 0 Å². The molecule has 0 aliphatic rings. The van der Waals surface area contributed by atoms with Crippen LogP contribution in [0.25, 0.3) is 0 Å². The van der Waals surface area contributed by atoms with Gasteiger partial charge >= 0.3 is 0 Å². The molecular formula is C20H24N2O4S. The lowest BCUT2D eigenvalue weighted by Gasteiger charge is -2.10. The molecule has 0 aliphatic carbocycles. The Labute approximate surface area is 159 Å². The van der Waals surface area contributed by atoms with E-state index >= 15 is 0 Å². The van der Waals surface area contributed by atoms with E-state index in [1.807, 2.05) is 13.0 Å². The zero-order valence-corrected chi connectivity index (χ0v) is 16.5. The SMILES string of the molecule is CCNC(=O)c1cccc(CNC(=O)c2ccc(S(=O)(=O)C(C)C)cc2)c1. The first-order chi connectivity index (χ1) is 12.8. The van der Waals surface area contributed by atoms with Crippen LogP contribution >= 0.6 is 0 Å². The molecule has 0 aliphatic heterocycles. The minimum atomic E-state index is -3.36. The summed E-state index contributed by atoms with van der Waals surface area (Å²) >= 11 is 0. The number of benzene rings is 2. The second-order valence-electron chi connectivity index (χ2n) is 6.36. The van der Waals surface area contributed by atoms with Crippen LogP contribution in [-0.2, 0) is 16.4 Å². The Balaban J connectivity index is 2.04. The van der Waals surface area contributed by atoms with E-state index < -0.39 is 15.1 Å².